The molecule has 2 aromatic rings. The van der Waals surface area contributed by atoms with Crippen molar-refractivity contribution in [1.29, 1.82) is 0 Å². The zero-order chi connectivity index (χ0) is 61.7. The van der Waals surface area contributed by atoms with E-state index in [1.54, 1.807) is 44.2 Å². The van der Waals surface area contributed by atoms with Crippen molar-refractivity contribution in [1.82, 2.24) is 15.1 Å². The number of allylic oxidation sites excluding steroid dienone is 1. The Morgan fingerprint density at radius 3 is 2.09 bits per heavy atom. The molecule has 4 heterocycles. The monoisotopic (exact) mass is 1230 g/mol. The lowest BCUT2D eigenvalue weighted by atomic mass is 9.66. The van der Waals surface area contributed by atoms with Crippen molar-refractivity contribution in [3.05, 3.63) is 53.1 Å². The number of carbonyl (C=O) groups excluding carboxylic acids is 6. The number of rotatable bonds is 21. The van der Waals surface area contributed by atoms with Crippen LogP contribution in [0.25, 0.3) is 0 Å². The van der Waals surface area contributed by atoms with Crippen LogP contribution in [-0.2, 0) is 57.1 Å². The first-order chi connectivity index (χ1) is 40.2. The van der Waals surface area contributed by atoms with Crippen LogP contribution < -0.4 is 29.0 Å². The molecule has 3 fully saturated rings. The number of fused-ring (bicyclic) bond motifs is 4. The van der Waals surface area contributed by atoms with Gasteiger partial charge in [-0.15, -0.1) is 0 Å². The van der Waals surface area contributed by atoms with Crippen molar-refractivity contribution in [2.24, 2.45) is 17.3 Å². The summed E-state index contributed by atoms with van der Waals surface area (Å²) >= 11 is 0. The first-order valence-corrected chi connectivity index (χ1v) is 36.5. The summed E-state index contributed by atoms with van der Waals surface area (Å²) in [7, 11) is 2.76. The number of benzene rings is 2. The van der Waals surface area contributed by atoms with Crippen molar-refractivity contribution >= 4 is 52.1 Å². The predicted molar refractivity (Wildman–Crippen MR) is 309 cm³/mol. The van der Waals surface area contributed by atoms with Crippen molar-refractivity contribution in [2.75, 3.05) is 74.6 Å². The van der Waals surface area contributed by atoms with Gasteiger partial charge in [0.05, 0.1) is 59.1 Å². The Morgan fingerprint density at radius 1 is 0.812 bits per heavy atom. The topological polar surface area (TPSA) is 281 Å². The van der Waals surface area contributed by atoms with Gasteiger partial charge in [-0.3, -0.25) is 14.4 Å². The number of amides is 3. The molecule has 0 bridgehead atoms. The predicted octanol–water partition coefficient (Wildman–Crippen LogP) is 6.27. The number of cyclic esters (lactones) is 1. The first kappa shape index (κ1) is 65.0. The standard InChI is InChI=1S/C59H85N3O21Si2/c1-33-75-31-44-52(79-33)48(64)49(65)55(81-44)82-50-37-28-41-40(77-32-78-41)27-36(37)46(47-38(50)30-76-54(47)67)34-25-42(71-5)51(43(26-34)72-6)83-58(70)62(4)20-19-61(3)57(69)80-35-15-13-14-17-59(2,18-16-35)56(68)60-39(53(66)74-22-24-85(10,11)12)29-45(63)73-21-23-84(7,8)9/h13,15,25-28,33,35,38-39,44,46-50,52,55,64-65H,14,16-24,29-32H2,1-12H3,(H,60,68)/b15-13-/t33-,35+,38+,39+,44-,46-,47+,48-,49-,50?,52-,55?,59-/m1/s1. The summed E-state index contributed by atoms with van der Waals surface area (Å²) in [5.74, 6) is -3.52. The fourth-order valence-corrected chi connectivity index (χ4v) is 12.6. The highest BCUT2D eigenvalue weighted by Gasteiger charge is 2.56. The number of hydrogen-bond acceptors (Lipinski definition) is 21. The maximum absolute atomic E-state index is 14.1. The van der Waals surface area contributed by atoms with Crippen LogP contribution in [0.2, 0.25) is 51.4 Å². The number of nitrogens with one attached hydrogen (secondary N) is 1. The van der Waals surface area contributed by atoms with Gasteiger partial charge < -0.3 is 86.9 Å². The lowest BCUT2D eigenvalue weighted by molar-refractivity contribution is -0.364. The lowest BCUT2D eigenvalue weighted by Gasteiger charge is -2.47. The third-order valence-corrected chi connectivity index (χ3v) is 19.9. The highest BCUT2D eigenvalue weighted by atomic mass is 28.3. The molecule has 2 aliphatic carbocycles. The zero-order valence-electron chi connectivity index (χ0n) is 50.8. The van der Waals surface area contributed by atoms with E-state index in [1.165, 1.54) is 38.1 Å². The van der Waals surface area contributed by atoms with Crippen molar-refractivity contribution in [3.63, 3.8) is 0 Å². The van der Waals surface area contributed by atoms with Crippen molar-refractivity contribution < 1.29 is 101 Å². The van der Waals surface area contributed by atoms with Crippen molar-refractivity contribution in [2.45, 2.75) is 158 Å². The lowest BCUT2D eigenvalue weighted by Crippen LogP contribution is -2.63. The van der Waals surface area contributed by atoms with Gasteiger partial charge >= 0.3 is 30.1 Å². The number of methoxy groups -OCH3 is 2. The fourth-order valence-electron chi connectivity index (χ4n) is 11.1. The fraction of sp³-hybridized carbons (Fsp3) is 0.661. The molecule has 85 heavy (non-hydrogen) atoms. The molecule has 3 amide bonds. The first-order valence-electron chi connectivity index (χ1n) is 29.1. The van der Waals surface area contributed by atoms with Gasteiger partial charge in [0.2, 0.25) is 18.4 Å². The van der Waals surface area contributed by atoms with Gasteiger partial charge in [0.15, 0.2) is 35.6 Å². The minimum atomic E-state index is -1.55. The Balaban J connectivity index is 0.898. The van der Waals surface area contributed by atoms with E-state index >= 15 is 0 Å². The number of ether oxygens (including phenoxy) is 13. The number of aliphatic hydroxyl groups excluding tert-OH is 2. The molecule has 13 atom stereocenters. The zero-order valence-corrected chi connectivity index (χ0v) is 52.8. The second-order valence-electron chi connectivity index (χ2n) is 25.4. The number of likely N-dealkylation sites (N-methyl/N-ethyl adjacent to an activating group) is 2. The highest BCUT2D eigenvalue weighted by Crippen LogP contribution is 2.57. The Kier molecular flexibility index (Phi) is 20.9. The summed E-state index contributed by atoms with van der Waals surface area (Å²) in [5, 5.41) is 25.3. The number of hydrogen-bond donors (Lipinski definition) is 3. The van der Waals surface area contributed by atoms with E-state index in [0.717, 1.165) is 12.1 Å². The molecule has 3 N–H and O–H groups in total. The smallest absolute Gasteiger partial charge is 0.415 e. The molecule has 8 rings (SSSR count). The van der Waals surface area contributed by atoms with Crippen molar-refractivity contribution in [3.8, 4) is 28.7 Å². The molecule has 0 saturated carbocycles. The van der Waals surface area contributed by atoms with Crippen LogP contribution in [-0.4, -0.2) is 196 Å². The highest BCUT2D eigenvalue weighted by molar-refractivity contribution is 6.76. The molecular weight excluding hydrogens is 1140 g/mol. The molecule has 2 unspecified atom stereocenters. The van der Waals surface area contributed by atoms with Crippen LogP contribution >= 0.6 is 0 Å². The second kappa shape index (κ2) is 27.4. The van der Waals surface area contributed by atoms with Crippen LogP contribution in [0.3, 0.4) is 0 Å². The molecule has 24 nitrogen and oxygen atoms in total. The maximum Gasteiger partial charge on any atom is 0.415 e. The van der Waals surface area contributed by atoms with Crippen LogP contribution in [0.4, 0.5) is 9.59 Å². The second-order valence-corrected chi connectivity index (χ2v) is 36.7. The van der Waals surface area contributed by atoms with E-state index in [1.807, 2.05) is 6.08 Å². The Bertz CT molecular complexity index is 2760. The minimum Gasteiger partial charge on any atom is -0.493 e. The van der Waals surface area contributed by atoms with Gasteiger partial charge in [0, 0.05) is 60.6 Å². The number of esters is 3. The molecule has 2 aromatic carbocycles. The Labute approximate surface area is 498 Å². The normalized spacial score (nSPS) is 28.5. The average molecular weight is 1230 g/mol. The summed E-state index contributed by atoms with van der Waals surface area (Å²) in [5.41, 5.74) is 0.713. The van der Waals surface area contributed by atoms with Gasteiger partial charge in [-0.05, 0) is 91.7 Å². The summed E-state index contributed by atoms with van der Waals surface area (Å²) in [6.45, 7) is 16.9. The third-order valence-electron chi connectivity index (χ3n) is 16.5. The number of aliphatic hydroxyl groups is 2. The summed E-state index contributed by atoms with van der Waals surface area (Å²) in [6.07, 6.45) is -4.87. The molecule has 26 heteroatoms. The maximum atomic E-state index is 14.1. The van der Waals surface area contributed by atoms with Crippen LogP contribution in [0, 0.1) is 17.3 Å². The SMILES string of the molecule is COc1cc([C@@H]2c3cc4c(cc3C(OC3O[C@@H]5CO[C@@H](C)O[C@H]5[C@H](O)[C@H]3O)[C@H]3COC(=O)[C@H]23)OCO4)cc(OC)c1OC(=O)N(C)CCN(C)C(=O)O[C@H]1/C=C\CC[C@@](C)(C(=O)N[C@@H](CC(=O)OCC[Si](C)(C)C)C(=O)OCC[Si](C)(C)C)CC1. The molecule has 0 aromatic heterocycles. The average Bonchev–Trinajstić information content (AvgIpc) is 1.76. The molecule has 0 spiro atoms. The molecule has 4 aliphatic heterocycles. The summed E-state index contributed by atoms with van der Waals surface area (Å²) in [4.78, 5) is 84.5. The minimum absolute atomic E-state index is 0.00671. The number of carbonyl (C=O) groups is 6. The molecular formula is C59H85N3O21Si2. The number of nitrogens with zero attached hydrogens (tertiary/aromatic N) is 2. The van der Waals surface area contributed by atoms with Crippen LogP contribution in [0.1, 0.15) is 74.7 Å². The van der Waals surface area contributed by atoms with Gasteiger partial charge in [0.1, 0.15) is 36.6 Å². The third kappa shape index (κ3) is 15.8. The molecule has 0 radical (unpaired) electrons. The van der Waals surface area contributed by atoms with E-state index in [2.05, 4.69) is 44.6 Å². The Morgan fingerprint density at radius 2 is 1.45 bits per heavy atom. The molecule has 470 valence electrons. The van der Waals surface area contributed by atoms with Gasteiger partial charge in [0.25, 0.3) is 0 Å². The van der Waals surface area contributed by atoms with Crippen LogP contribution in [0.15, 0.2) is 36.4 Å². The quantitative estimate of drug-likeness (QED) is 0.0537. The summed E-state index contributed by atoms with van der Waals surface area (Å²) < 4.78 is 76.1. The Hall–Kier alpha value is -6.01. The van der Waals surface area contributed by atoms with E-state index in [4.69, 9.17) is 61.6 Å². The summed E-state index contributed by atoms with van der Waals surface area (Å²) in [6, 6.07) is 7.05. The van der Waals surface area contributed by atoms with Gasteiger partial charge in [-0.25, -0.2) is 14.4 Å². The molecule has 3 saturated heterocycles. The van der Waals surface area contributed by atoms with Gasteiger partial charge in [-0.2, -0.15) is 0 Å². The molecule has 6 aliphatic rings. The van der Waals surface area contributed by atoms with Gasteiger partial charge in [-0.1, -0.05) is 52.3 Å². The van der Waals surface area contributed by atoms with E-state index in [0.29, 0.717) is 41.0 Å². The van der Waals surface area contributed by atoms with E-state index in [-0.39, 0.29) is 82.8 Å². The van der Waals surface area contributed by atoms with E-state index in [9.17, 15) is 39.0 Å². The largest absolute Gasteiger partial charge is 0.493 e. The van der Waals surface area contributed by atoms with Crippen LogP contribution in [0.5, 0.6) is 28.7 Å². The van der Waals surface area contributed by atoms with E-state index < -0.39 is 131 Å².